The minimum Gasteiger partial charge on any atom is -0.272 e. The van der Waals surface area contributed by atoms with Crippen molar-refractivity contribution >= 4 is 29.1 Å². The van der Waals surface area contributed by atoms with Crippen molar-refractivity contribution in [2.24, 2.45) is 11.0 Å². The molecular formula is C11H8F2N2OS. The molecule has 2 aliphatic heterocycles. The van der Waals surface area contributed by atoms with Crippen molar-refractivity contribution in [2.45, 2.75) is 0 Å². The number of carbonyl (C=O) groups excluding carboxylic acids is 1. The normalized spacial score (nSPS) is 22.9. The lowest BCUT2D eigenvalue weighted by molar-refractivity contribution is -0.119. The summed E-state index contributed by atoms with van der Waals surface area (Å²) in [4.78, 5) is 12.0. The molecule has 2 aliphatic rings. The highest BCUT2D eigenvalue weighted by molar-refractivity contribution is 8.00. The van der Waals surface area contributed by atoms with Gasteiger partial charge < -0.3 is 0 Å². The number of hydrazone groups is 1. The summed E-state index contributed by atoms with van der Waals surface area (Å²) >= 11 is 1.64. The molecule has 0 bridgehead atoms. The van der Waals surface area contributed by atoms with Crippen LogP contribution in [0.25, 0.3) is 0 Å². The fourth-order valence-corrected chi connectivity index (χ4v) is 3.10. The number of nitrogens with zero attached hydrogens (tertiary/aromatic N) is 2. The number of hydrogen-bond donors (Lipinski definition) is 0. The van der Waals surface area contributed by atoms with E-state index in [2.05, 4.69) is 5.10 Å². The third-order valence-corrected chi connectivity index (χ3v) is 3.88. The zero-order valence-corrected chi connectivity index (χ0v) is 9.51. The molecule has 0 saturated carbocycles. The van der Waals surface area contributed by atoms with Gasteiger partial charge in [0, 0.05) is 17.6 Å². The van der Waals surface area contributed by atoms with Crippen molar-refractivity contribution < 1.29 is 13.6 Å². The van der Waals surface area contributed by atoms with Crippen molar-refractivity contribution in [1.29, 1.82) is 0 Å². The van der Waals surface area contributed by atoms with Crippen LogP contribution in [-0.4, -0.2) is 23.1 Å². The van der Waals surface area contributed by atoms with E-state index in [1.807, 2.05) is 0 Å². The fraction of sp³-hybridized carbons (Fsp3) is 0.273. The summed E-state index contributed by atoms with van der Waals surface area (Å²) < 4.78 is 26.3. The molecule has 0 N–H and O–H groups in total. The van der Waals surface area contributed by atoms with E-state index in [-0.39, 0.29) is 17.5 Å². The number of amides is 1. The summed E-state index contributed by atoms with van der Waals surface area (Å²) in [6.45, 7) is 0. The SMILES string of the molecule is O=C1C2CSCC2=NN1c1ccc(F)cc1F. The molecule has 3 rings (SSSR count). The van der Waals surface area contributed by atoms with Gasteiger partial charge in [-0.3, -0.25) is 4.79 Å². The van der Waals surface area contributed by atoms with Gasteiger partial charge in [0.05, 0.1) is 11.6 Å². The monoisotopic (exact) mass is 254 g/mol. The number of anilines is 1. The average molecular weight is 254 g/mol. The fourth-order valence-electron chi connectivity index (χ4n) is 1.94. The van der Waals surface area contributed by atoms with Gasteiger partial charge in [0.1, 0.15) is 11.5 Å². The van der Waals surface area contributed by atoms with Crippen LogP contribution in [0.2, 0.25) is 0 Å². The summed E-state index contributed by atoms with van der Waals surface area (Å²) in [6.07, 6.45) is 0. The summed E-state index contributed by atoms with van der Waals surface area (Å²) in [7, 11) is 0. The topological polar surface area (TPSA) is 32.7 Å². The zero-order chi connectivity index (χ0) is 12.0. The van der Waals surface area contributed by atoms with Gasteiger partial charge in [-0.25, -0.2) is 8.78 Å². The quantitative estimate of drug-likeness (QED) is 0.768. The van der Waals surface area contributed by atoms with Crippen LogP contribution < -0.4 is 5.01 Å². The molecule has 1 unspecified atom stereocenters. The molecule has 3 nitrogen and oxygen atoms in total. The largest absolute Gasteiger partial charge is 0.272 e. The van der Waals surface area contributed by atoms with Crippen LogP contribution in [0.5, 0.6) is 0 Å². The van der Waals surface area contributed by atoms with E-state index in [1.165, 1.54) is 6.07 Å². The van der Waals surface area contributed by atoms with Crippen LogP contribution >= 0.6 is 11.8 Å². The highest BCUT2D eigenvalue weighted by Gasteiger charge is 2.40. The second-order valence-electron chi connectivity index (χ2n) is 3.90. The van der Waals surface area contributed by atoms with Crippen LogP contribution in [0.3, 0.4) is 0 Å². The molecule has 1 fully saturated rings. The number of fused-ring (bicyclic) bond motifs is 1. The predicted molar refractivity (Wildman–Crippen MR) is 62.1 cm³/mol. The number of halogens is 2. The van der Waals surface area contributed by atoms with Crippen molar-refractivity contribution in [3.63, 3.8) is 0 Å². The van der Waals surface area contributed by atoms with Gasteiger partial charge >= 0.3 is 0 Å². The molecule has 0 aromatic heterocycles. The minimum absolute atomic E-state index is 0.0169. The molecule has 1 amide bonds. The van der Waals surface area contributed by atoms with Crippen molar-refractivity contribution in [2.75, 3.05) is 16.5 Å². The van der Waals surface area contributed by atoms with Crippen molar-refractivity contribution in [3.05, 3.63) is 29.8 Å². The standard InChI is InChI=1S/C11H8F2N2OS/c12-6-1-2-10(8(13)3-6)15-11(16)7-4-17-5-9(7)14-15/h1-3,7H,4-5H2. The third-order valence-electron chi connectivity index (χ3n) is 2.81. The van der Waals surface area contributed by atoms with Gasteiger partial charge in [-0.05, 0) is 12.1 Å². The first-order chi connectivity index (χ1) is 8.16. The highest BCUT2D eigenvalue weighted by atomic mass is 32.2. The van der Waals surface area contributed by atoms with E-state index < -0.39 is 11.6 Å². The Morgan fingerprint density at radius 2 is 2.24 bits per heavy atom. The van der Waals surface area contributed by atoms with Crippen molar-refractivity contribution in [1.82, 2.24) is 0 Å². The van der Waals surface area contributed by atoms with Gasteiger partial charge in [-0.15, -0.1) is 0 Å². The van der Waals surface area contributed by atoms with Gasteiger partial charge in [-0.1, -0.05) is 0 Å². The number of hydrogen-bond acceptors (Lipinski definition) is 3. The molecule has 0 aliphatic carbocycles. The number of rotatable bonds is 1. The lowest BCUT2D eigenvalue weighted by Gasteiger charge is -2.14. The first-order valence-corrected chi connectivity index (χ1v) is 6.26. The lowest BCUT2D eigenvalue weighted by atomic mass is 10.1. The molecular weight excluding hydrogens is 246 g/mol. The van der Waals surface area contributed by atoms with Crippen molar-refractivity contribution in [3.8, 4) is 0 Å². The van der Waals surface area contributed by atoms with Gasteiger partial charge in [-0.2, -0.15) is 21.9 Å². The Labute approximate surface area is 100 Å². The first kappa shape index (κ1) is 10.7. The van der Waals surface area contributed by atoms with Crippen LogP contribution in [0.15, 0.2) is 23.3 Å². The summed E-state index contributed by atoms with van der Waals surface area (Å²) in [5.74, 6) is -0.497. The molecule has 17 heavy (non-hydrogen) atoms. The Balaban J connectivity index is 2.00. The summed E-state index contributed by atoms with van der Waals surface area (Å²) in [5.41, 5.74) is 0.798. The van der Waals surface area contributed by atoms with E-state index in [0.717, 1.165) is 22.9 Å². The summed E-state index contributed by atoms with van der Waals surface area (Å²) in [6, 6.07) is 3.11. The van der Waals surface area contributed by atoms with Gasteiger partial charge in [0.15, 0.2) is 5.82 Å². The smallest absolute Gasteiger partial charge is 0.257 e. The van der Waals surface area contributed by atoms with E-state index in [9.17, 15) is 13.6 Å². The molecule has 2 heterocycles. The van der Waals surface area contributed by atoms with Gasteiger partial charge in [0.25, 0.3) is 5.91 Å². The minimum atomic E-state index is -0.768. The van der Waals surface area contributed by atoms with E-state index in [1.54, 1.807) is 11.8 Å². The Bertz CT molecular complexity index is 532. The molecule has 0 spiro atoms. The molecule has 1 aromatic carbocycles. The van der Waals surface area contributed by atoms with Crippen LogP contribution in [0.4, 0.5) is 14.5 Å². The first-order valence-electron chi connectivity index (χ1n) is 5.11. The second kappa shape index (κ2) is 3.80. The maximum absolute atomic E-state index is 13.5. The Hall–Kier alpha value is -1.43. The Morgan fingerprint density at radius 3 is 2.94 bits per heavy atom. The van der Waals surface area contributed by atoms with Crippen LogP contribution in [-0.2, 0) is 4.79 Å². The second-order valence-corrected chi connectivity index (χ2v) is 4.94. The Morgan fingerprint density at radius 1 is 1.41 bits per heavy atom. The maximum Gasteiger partial charge on any atom is 0.257 e. The number of carbonyl (C=O) groups is 1. The average Bonchev–Trinajstić information content (AvgIpc) is 2.83. The maximum atomic E-state index is 13.5. The van der Waals surface area contributed by atoms with Crippen LogP contribution in [0.1, 0.15) is 0 Å². The highest BCUT2D eigenvalue weighted by Crippen LogP contribution is 2.33. The Kier molecular flexibility index (Phi) is 2.39. The zero-order valence-electron chi connectivity index (χ0n) is 8.69. The molecule has 1 atom stereocenters. The molecule has 0 radical (unpaired) electrons. The molecule has 1 saturated heterocycles. The van der Waals surface area contributed by atoms with E-state index in [0.29, 0.717) is 11.5 Å². The molecule has 6 heteroatoms. The number of benzene rings is 1. The summed E-state index contributed by atoms with van der Waals surface area (Å²) in [5, 5.41) is 5.16. The predicted octanol–water partition coefficient (Wildman–Crippen LogP) is 2.03. The van der Waals surface area contributed by atoms with E-state index in [4.69, 9.17) is 0 Å². The third kappa shape index (κ3) is 1.63. The molecule has 88 valence electrons. The molecule has 1 aromatic rings. The van der Waals surface area contributed by atoms with Crippen LogP contribution in [0, 0.1) is 17.6 Å². The van der Waals surface area contributed by atoms with Gasteiger partial charge in [0.2, 0.25) is 0 Å². The number of thioether (sulfide) groups is 1. The van der Waals surface area contributed by atoms with E-state index >= 15 is 0 Å². The lowest BCUT2D eigenvalue weighted by Crippen LogP contribution is -2.27.